The highest BCUT2D eigenvalue weighted by atomic mass is 16.2. The molecule has 0 saturated carbocycles. The van der Waals surface area contributed by atoms with Gasteiger partial charge in [-0.15, -0.1) is 0 Å². The van der Waals surface area contributed by atoms with Gasteiger partial charge in [-0.2, -0.15) is 0 Å². The van der Waals surface area contributed by atoms with Gasteiger partial charge >= 0.3 is 6.03 Å². The number of para-hydroxylation sites is 1. The third-order valence-corrected chi connectivity index (χ3v) is 6.57. The van der Waals surface area contributed by atoms with Gasteiger partial charge in [-0.3, -0.25) is 15.1 Å². The fraction of sp³-hybridized carbons (Fsp3) is 0.280. The molecule has 0 atom stereocenters. The first kappa shape index (κ1) is 20.2. The molecule has 1 spiro atoms. The summed E-state index contributed by atoms with van der Waals surface area (Å²) in [6.07, 6.45) is 4.89. The van der Waals surface area contributed by atoms with Crippen LogP contribution in [0.25, 0.3) is 11.3 Å². The standard InChI is InChI=1S/C25H25N5O2/c1-18(31)30-17-25(20-9-5-6-10-22(20)30)11-13-29(14-12-25)24(32)28-23-16-26-21(15-27-23)19-7-3-2-4-8-19/h2-10,15-16H,11-14,17H2,1H3,(H,27,28,32). The number of piperidine rings is 1. The van der Waals surface area contributed by atoms with E-state index in [0.717, 1.165) is 29.8 Å². The lowest BCUT2D eigenvalue weighted by Crippen LogP contribution is -2.48. The Morgan fingerprint density at radius 2 is 1.66 bits per heavy atom. The van der Waals surface area contributed by atoms with E-state index >= 15 is 0 Å². The van der Waals surface area contributed by atoms with E-state index in [1.165, 1.54) is 5.56 Å². The average molecular weight is 428 g/mol. The van der Waals surface area contributed by atoms with Crippen LogP contribution in [0.4, 0.5) is 16.3 Å². The lowest BCUT2D eigenvalue weighted by molar-refractivity contribution is -0.116. The summed E-state index contributed by atoms with van der Waals surface area (Å²) in [5, 5.41) is 2.86. The second kappa shape index (κ2) is 8.07. The summed E-state index contributed by atoms with van der Waals surface area (Å²) in [6, 6.07) is 17.8. The fourth-order valence-corrected chi connectivity index (χ4v) is 4.82. The predicted octanol–water partition coefficient (Wildman–Crippen LogP) is 4.08. The molecule has 1 N–H and O–H groups in total. The topological polar surface area (TPSA) is 78.4 Å². The normalized spacial score (nSPS) is 16.7. The summed E-state index contributed by atoms with van der Waals surface area (Å²) in [6.45, 7) is 3.55. The summed E-state index contributed by atoms with van der Waals surface area (Å²) in [4.78, 5) is 37.5. The minimum absolute atomic E-state index is 0.0621. The van der Waals surface area contributed by atoms with Crippen molar-refractivity contribution < 1.29 is 9.59 Å². The van der Waals surface area contributed by atoms with Crippen LogP contribution in [0.2, 0.25) is 0 Å². The zero-order valence-electron chi connectivity index (χ0n) is 18.0. The molecule has 3 amide bonds. The SMILES string of the molecule is CC(=O)N1CC2(CCN(C(=O)Nc3cnc(-c4ccccc4)cn3)CC2)c2ccccc21. The Bertz CT molecular complexity index is 1140. The van der Waals surface area contributed by atoms with E-state index in [9.17, 15) is 9.59 Å². The highest BCUT2D eigenvalue weighted by Crippen LogP contribution is 2.46. The molecule has 1 saturated heterocycles. The number of hydrogen-bond acceptors (Lipinski definition) is 4. The Balaban J connectivity index is 1.24. The van der Waals surface area contributed by atoms with Crippen LogP contribution in [0, 0.1) is 0 Å². The van der Waals surface area contributed by atoms with Crippen molar-refractivity contribution in [2.24, 2.45) is 0 Å². The van der Waals surface area contributed by atoms with Crippen molar-refractivity contribution in [3.8, 4) is 11.3 Å². The van der Waals surface area contributed by atoms with Gasteiger partial charge in [-0.05, 0) is 24.5 Å². The number of nitrogens with zero attached hydrogens (tertiary/aromatic N) is 4. The maximum absolute atomic E-state index is 12.8. The predicted molar refractivity (Wildman–Crippen MR) is 123 cm³/mol. The first-order valence-electron chi connectivity index (χ1n) is 10.9. The molecular formula is C25H25N5O2. The molecule has 3 heterocycles. The molecule has 7 nitrogen and oxygen atoms in total. The molecular weight excluding hydrogens is 402 g/mol. The van der Waals surface area contributed by atoms with E-state index in [1.54, 1.807) is 19.3 Å². The molecule has 0 aliphatic carbocycles. The number of fused-ring (bicyclic) bond motifs is 2. The van der Waals surface area contributed by atoms with Gasteiger partial charge in [0.15, 0.2) is 5.82 Å². The van der Waals surface area contributed by atoms with Crippen molar-refractivity contribution in [3.63, 3.8) is 0 Å². The number of rotatable bonds is 2. The molecule has 0 unspecified atom stereocenters. The number of hydrogen-bond donors (Lipinski definition) is 1. The van der Waals surface area contributed by atoms with Gasteiger partial charge in [0.2, 0.25) is 5.91 Å². The quantitative estimate of drug-likeness (QED) is 0.669. The van der Waals surface area contributed by atoms with E-state index in [1.807, 2.05) is 58.3 Å². The monoisotopic (exact) mass is 427 g/mol. The number of benzene rings is 2. The fourth-order valence-electron chi connectivity index (χ4n) is 4.82. The number of amides is 3. The second-order valence-electron chi connectivity index (χ2n) is 8.47. The van der Waals surface area contributed by atoms with Crippen molar-refractivity contribution >= 4 is 23.4 Å². The number of likely N-dealkylation sites (tertiary alicyclic amines) is 1. The first-order valence-corrected chi connectivity index (χ1v) is 10.9. The number of carbonyl (C=O) groups excluding carboxylic acids is 2. The van der Waals surface area contributed by atoms with Gasteiger partial charge in [0, 0.05) is 43.2 Å². The molecule has 5 rings (SSSR count). The van der Waals surface area contributed by atoms with E-state index in [-0.39, 0.29) is 17.4 Å². The molecule has 2 aliphatic heterocycles. The maximum Gasteiger partial charge on any atom is 0.323 e. The number of aromatic nitrogens is 2. The highest BCUT2D eigenvalue weighted by molar-refractivity contribution is 5.95. The Hall–Kier alpha value is -3.74. The van der Waals surface area contributed by atoms with E-state index in [2.05, 4.69) is 21.4 Å². The molecule has 3 aromatic rings. The van der Waals surface area contributed by atoms with Gasteiger partial charge in [0.25, 0.3) is 0 Å². The average Bonchev–Trinajstić information content (AvgIpc) is 3.15. The second-order valence-corrected chi connectivity index (χ2v) is 8.47. The van der Waals surface area contributed by atoms with Crippen LogP contribution in [0.3, 0.4) is 0 Å². The molecule has 162 valence electrons. The van der Waals surface area contributed by atoms with Gasteiger partial charge < -0.3 is 9.80 Å². The largest absolute Gasteiger partial charge is 0.324 e. The molecule has 32 heavy (non-hydrogen) atoms. The van der Waals surface area contributed by atoms with E-state index in [0.29, 0.717) is 25.5 Å². The van der Waals surface area contributed by atoms with E-state index < -0.39 is 0 Å². The van der Waals surface area contributed by atoms with Crippen LogP contribution in [-0.4, -0.2) is 46.4 Å². The van der Waals surface area contributed by atoms with Crippen LogP contribution in [0.1, 0.15) is 25.3 Å². The minimum Gasteiger partial charge on any atom is -0.324 e. The Morgan fingerprint density at radius 3 is 2.34 bits per heavy atom. The molecule has 2 aliphatic rings. The number of carbonyl (C=O) groups is 2. The van der Waals surface area contributed by atoms with Crippen molar-refractivity contribution in [2.45, 2.75) is 25.2 Å². The third kappa shape index (κ3) is 3.60. The van der Waals surface area contributed by atoms with Crippen LogP contribution >= 0.6 is 0 Å². The Morgan fingerprint density at radius 1 is 0.938 bits per heavy atom. The van der Waals surface area contributed by atoms with Crippen molar-refractivity contribution in [2.75, 3.05) is 29.9 Å². The van der Waals surface area contributed by atoms with Gasteiger partial charge in [-0.1, -0.05) is 48.5 Å². The Kier molecular flexibility index (Phi) is 5.09. The highest BCUT2D eigenvalue weighted by Gasteiger charge is 2.46. The number of urea groups is 1. The summed E-state index contributed by atoms with van der Waals surface area (Å²) >= 11 is 0. The molecule has 7 heteroatoms. The zero-order chi connectivity index (χ0) is 22.1. The summed E-state index contributed by atoms with van der Waals surface area (Å²) in [5.74, 6) is 0.496. The number of nitrogens with one attached hydrogen (secondary N) is 1. The summed E-state index contributed by atoms with van der Waals surface area (Å²) < 4.78 is 0. The van der Waals surface area contributed by atoms with Crippen LogP contribution in [0.15, 0.2) is 67.0 Å². The summed E-state index contributed by atoms with van der Waals surface area (Å²) in [7, 11) is 0. The smallest absolute Gasteiger partial charge is 0.323 e. The first-order chi connectivity index (χ1) is 15.6. The molecule has 1 fully saturated rings. The van der Waals surface area contributed by atoms with Crippen molar-refractivity contribution in [1.82, 2.24) is 14.9 Å². The molecule has 2 aromatic carbocycles. The lowest BCUT2D eigenvalue weighted by Gasteiger charge is -2.39. The third-order valence-electron chi connectivity index (χ3n) is 6.57. The van der Waals surface area contributed by atoms with Crippen LogP contribution in [0.5, 0.6) is 0 Å². The minimum atomic E-state index is -0.170. The lowest BCUT2D eigenvalue weighted by atomic mass is 9.74. The van der Waals surface area contributed by atoms with Gasteiger partial charge in [0.05, 0.1) is 18.1 Å². The van der Waals surface area contributed by atoms with Crippen LogP contribution < -0.4 is 10.2 Å². The zero-order valence-corrected chi connectivity index (χ0v) is 18.0. The van der Waals surface area contributed by atoms with Gasteiger partial charge in [-0.25, -0.2) is 9.78 Å². The van der Waals surface area contributed by atoms with Gasteiger partial charge in [0.1, 0.15) is 0 Å². The molecule has 0 radical (unpaired) electrons. The van der Waals surface area contributed by atoms with E-state index in [4.69, 9.17) is 0 Å². The number of anilines is 2. The molecule has 0 bridgehead atoms. The summed E-state index contributed by atoms with van der Waals surface area (Å²) in [5.41, 5.74) is 3.88. The molecule has 1 aromatic heterocycles. The maximum atomic E-state index is 12.8. The van der Waals surface area contributed by atoms with Crippen LogP contribution in [-0.2, 0) is 10.2 Å². The Labute approximate surface area is 187 Å². The van der Waals surface area contributed by atoms with Crippen molar-refractivity contribution in [1.29, 1.82) is 0 Å². The van der Waals surface area contributed by atoms with Crippen molar-refractivity contribution in [3.05, 3.63) is 72.6 Å².